The summed E-state index contributed by atoms with van der Waals surface area (Å²) in [6.45, 7) is 14.3. The molecule has 1 aliphatic heterocycles. The van der Waals surface area contributed by atoms with Crippen LogP contribution in [0.5, 0.6) is 0 Å². The fourth-order valence-corrected chi connectivity index (χ4v) is 10.9. The number of methoxy groups -OCH3 is 1. The van der Waals surface area contributed by atoms with Crippen molar-refractivity contribution in [2.24, 2.45) is 29.1 Å². The molecular formula is C29H46O4S2. The highest BCUT2D eigenvalue weighted by Gasteiger charge is 2.80. The lowest BCUT2D eigenvalue weighted by Crippen LogP contribution is -2.47. The van der Waals surface area contributed by atoms with Gasteiger partial charge >= 0.3 is 0 Å². The number of hydrogen-bond acceptors (Lipinski definition) is 6. The van der Waals surface area contributed by atoms with Crippen LogP contribution in [0.15, 0.2) is 36.0 Å². The zero-order valence-electron chi connectivity index (χ0n) is 22.0. The highest BCUT2D eigenvalue weighted by molar-refractivity contribution is 8.18. The monoisotopic (exact) mass is 522 g/mol. The van der Waals surface area contributed by atoms with Gasteiger partial charge in [0, 0.05) is 31.5 Å². The summed E-state index contributed by atoms with van der Waals surface area (Å²) in [7, 11) is 1.65. The second kappa shape index (κ2) is 11.2. The van der Waals surface area contributed by atoms with Gasteiger partial charge in [0.05, 0.1) is 16.3 Å². The third-order valence-electron chi connectivity index (χ3n) is 9.38. The van der Waals surface area contributed by atoms with E-state index in [-0.39, 0.29) is 33.9 Å². The second-order valence-electron chi connectivity index (χ2n) is 11.6. The Kier molecular flexibility index (Phi) is 8.93. The van der Waals surface area contributed by atoms with Gasteiger partial charge in [-0.05, 0) is 80.3 Å². The molecule has 6 atom stereocenters. The fraction of sp³-hybridized carbons (Fsp3) is 0.793. The number of fused-ring (bicyclic) bond motifs is 1. The first kappa shape index (κ1) is 27.8. The highest BCUT2D eigenvalue weighted by Crippen LogP contribution is 2.81. The minimum absolute atomic E-state index is 0.0345. The molecule has 198 valence electrons. The molecule has 4 aliphatic carbocycles. The normalized spacial score (nSPS) is 36.3. The van der Waals surface area contributed by atoms with Gasteiger partial charge in [-0.25, -0.2) is 0 Å². The first-order valence-electron chi connectivity index (χ1n) is 13.4. The van der Waals surface area contributed by atoms with E-state index in [1.165, 1.54) is 35.5 Å². The van der Waals surface area contributed by atoms with E-state index in [1.54, 1.807) is 7.11 Å². The van der Waals surface area contributed by atoms with Crippen molar-refractivity contribution in [3.63, 3.8) is 0 Å². The third-order valence-corrected chi connectivity index (χ3v) is 12.9. The molecule has 0 aromatic rings. The lowest BCUT2D eigenvalue weighted by atomic mass is 9.63. The Labute approximate surface area is 221 Å². The lowest BCUT2D eigenvalue weighted by Gasteiger charge is -2.45. The second-order valence-corrected chi connectivity index (χ2v) is 14.8. The van der Waals surface area contributed by atoms with Crippen LogP contribution in [-0.2, 0) is 9.47 Å². The molecule has 0 amide bonds. The maximum absolute atomic E-state index is 11.9. The number of ether oxygens (including phenoxy) is 2. The Hall–Kier alpha value is -0.240. The van der Waals surface area contributed by atoms with Gasteiger partial charge in [-0.2, -0.15) is 0 Å². The summed E-state index contributed by atoms with van der Waals surface area (Å²) in [5.41, 5.74) is 2.72. The van der Waals surface area contributed by atoms with Crippen molar-refractivity contribution in [2.75, 3.05) is 38.6 Å². The van der Waals surface area contributed by atoms with Gasteiger partial charge in [0.15, 0.2) is 0 Å². The van der Waals surface area contributed by atoms with Crippen molar-refractivity contribution in [1.82, 2.24) is 0 Å². The van der Waals surface area contributed by atoms with E-state index in [4.69, 9.17) is 9.47 Å². The summed E-state index contributed by atoms with van der Waals surface area (Å²) in [6, 6.07) is 0. The molecule has 1 saturated heterocycles. The summed E-state index contributed by atoms with van der Waals surface area (Å²) >= 11 is 4.26. The van der Waals surface area contributed by atoms with Crippen LogP contribution in [0.1, 0.15) is 65.2 Å². The quantitative estimate of drug-likeness (QED) is 0.161. The van der Waals surface area contributed by atoms with Crippen LogP contribution in [-0.4, -0.2) is 58.5 Å². The molecule has 6 heteroatoms. The molecular weight excluding hydrogens is 476 g/mol. The maximum Gasteiger partial charge on any atom is 0.146 e. The van der Waals surface area contributed by atoms with Gasteiger partial charge in [0.25, 0.3) is 0 Å². The molecule has 4 bridgehead atoms. The summed E-state index contributed by atoms with van der Waals surface area (Å²) in [6.07, 6.45) is 11.1. The summed E-state index contributed by atoms with van der Waals surface area (Å²) in [5.74, 6) is 3.29. The van der Waals surface area contributed by atoms with E-state index < -0.39 is 5.60 Å². The smallest absolute Gasteiger partial charge is 0.146 e. The zero-order chi connectivity index (χ0) is 25.3. The molecule has 4 nitrogen and oxygen atoms in total. The molecule has 5 rings (SSSR count). The van der Waals surface area contributed by atoms with Crippen LogP contribution >= 0.6 is 23.5 Å². The average Bonchev–Trinajstić information content (AvgIpc) is 3.44. The number of aliphatic hydroxyl groups is 2. The van der Waals surface area contributed by atoms with Crippen molar-refractivity contribution in [2.45, 2.75) is 74.9 Å². The first-order chi connectivity index (χ1) is 16.7. The Morgan fingerprint density at radius 3 is 2.66 bits per heavy atom. The van der Waals surface area contributed by atoms with Crippen LogP contribution in [0.25, 0.3) is 0 Å². The Bertz CT molecular complexity index is 819. The molecule has 0 aromatic heterocycles. The van der Waals surface area contributed by atoms with Gasteiger partial charge in [0.2, 0.25) is 0 Å². The molecule has 5 fully saturated rings. The molecule has 1 heterocycles. The van der Waals surface area contributed by atoms with E-state index in [1.807, 2.05) is 0 Å². The Morgan fingerprint density at radius 2 is 2.03 bits per heavy atom. The highest BCUT2D eigenvalue weighted by atomic mass is 32.2. The van der Waals surface area contributed by atoms with Crippen LogP contribution in [0, 0.1) is 29.1 Å². The standard InChI is InChI=1S/C29H46O4S2/c1-20(18-33-19-32-5)9-6-12-28(34-15-8-16-35-28)13-7-10-23(17-30)22(3)29(31)24-11-14-27(4)25(21(24)2)26(27)29/h9,23-26,30-31H,2-3,6-8,10-19H2,1,4-5H3/b20-9+/t23-,24-,25+,26-,27+,29-/m1/s1. The van der Waals surface area contributed by atoms with Gasteiger partial charge in [-0.15, -0.1) is 23.5 Å². The predicted molar refractivity (Wildman–Crippen MR) is 149 cm³/mol. The number of aliphatic hydroxyl groups excluding tert-OH is 1. The molecule has 0 spiro atoms. The maximum atomic E-state index is 11.9. The predicted octanol–water partition coefficient (Wildman–Crippen LogP) is 6.20. The van der Waals surface area contributed by atoms with Gasteiger partial charge in [0.1, 0.15) is 6.79 Å². The SMILES string of the molecule is C=C1[C@H]2CC[C@]3(C)[C@@H]([C@H]13)[C@@]2(O)C(=C)[C@@H](CO)CCCC1(CC/C=C(\C)COCOC)SCCCS1. The van der Waals surface area contributed by atoms with E-state index in [0.717, 1.165) is 44.1 Å². The minimum atomic E-state index is -0.860. The first-order valence-corrected chi connectivity index (χ1v) is 15.4. The van der Waals surface area contributed by atoms with Crippen molar-refractivity contribution < 1.29 is 19.7 Å². The number of rotatable bonds is 14. The van der Waals surface area contributed by atoms with E-state index in [9.17, 15) is 10.2 Å². The molecule has 5 aliphatic rings. The molecule has 0 aromatic carbocycles. The third kappa shape index (κ3) is 5.22. The van der Waals surface area contributed by atoms with E-state index in [2.05, 4.69) is 56.6 Å². The Balaban J connectivity index is 1.32. The number of thioether (sulfide) groups is 2. The number of hydrogen-bond donors (Lipinski definition) is 2. The molecule has 0 unspecified atom stereocenters. The molecule has 0 radical (unpaired) electrons. The molecule has 35 heavy (non-hydrogen) atoms. The largest absolute Gasteiger partial charge is 0.396 e. The lowest BCUT2D eigenvalue weighted by molar-refractivity contribution is -0.0303. The van der Waals surface area contributed by atoms with Gasteiger partial charge in [-0.1, -0.05) is 43.7 Å². The number of allylic oxidation sites excluding steroid dienone is 1. The summed E-state index contributed by atoms with van der Waals surface area (Å²) < 4.78 is 10.7. The topological polar surface area (TPSA) is 58.9 Å². The van der Waals surface area contributed by atoms with Crippen LogP contribution in [0.3, 0.4) is 0 Å². The fourth-order valence-electron chi connectivity index (χ4n) is 7.51. The molecule has 4 saturated carbocycles. The van der Waals surface area contributed by atoms with Gasteiger partial charge in [-0.3, -0.25) is 0 Å². The average molecular weight is 523 g/mol. The van der Waals surface area contributed by atoms with Gasteiger partial charge < -0.3 is 19.7 Å². The summed E-state index contributed by atoms with van der Waals surface area (Å²) in [5, 5.41) is 22.3. The van der Waals surface area contributed by atoms with Crippen LogP contribution < -0.4 is 0 Å². The Morgan fingerprint density at radius 1 is 1.29 bits per heavy atom. The van der Waals surface area contributed by atoms with E-state index >= 15 is 0 Å². The van der Waals surface area contributed by atoms with Crippen molar-refractivity contribution in [3.8, 4) is 0 Å². The van der Waals surface area contributed by atoms with Crippen LogP contribution in [0.2, 0.25) is 0 Å². The van der Waals surface area contributed by atoms with E-state index in [0.29, 0.717) is 19.3 Å². The van der Waals surface area contributed by atoms with Crippen molar-refractivity contribution in [3.05, 3.63) is 36.0 Å². The van der Waals surface area contributed by atoms with Crippen LogP contribution in [0.4, 0.5) is 0 Å². The summed E-state index contributed by atoms with van der Waals surface area (Å²) in [4.78, 5) is 0. The zero-order valence-corrected chi connectivity index (χ0v) is 23.7. The van der Waals surface area contributed by atoms with Crippen molar-refractivity contribution in [1.29, 1.82) is 0 Å². The van der Waals surface area contributed by atoms with Crippen molar-refractivity contribution >= 4 is 23.5 Å². The minimum Gasteiger partial charge on any atom is -0.396 e. The molecule has 2 N–H and O–H groups in total.